The standard InChI is InChI=1S/C12H20ClN3O2S/c1-3-16-11(12(13)9(2)15-16)7-14-10-5-4-6-19(17,18)8-10/h10,14H,3-8H2,1-2H3. The van der Waals surface area contributed by atoms with Crippen molar-refractivity contribution in [3.63, 3.8) is 0 Å². The van der Waals surface area contributed by atoms with E-state index in [1.807, 2.05) is 18.5 Å². The van der Waals surface area contributed by atoms with Crippen LogP contribution in [0.5, 0.6) is 0 Å². The monoisotopic (exact) mass is 305 g/mol. The number of aromatic nitrogens is 2. The molecule has 0 saturated carbocycles. The van der Waals surface area contributed by atoms with Gasteiger partial charge in [-0.25, -0.2) is 8.42 Å². The summed E-state index contributed by atoms with van der Waals surface area (Å²) >= 11 is 6.22. The van der Waals surface area contributed by atoms with Crippen molar-refractivity contribution < 1.29 is 8.42 Å². The van der Waals surface area contributed by atoms with Gasteiger partial charge < -0.3 is 5.32 Å². The van der Waals surface area contributed by atoms with Crippen LogP contribution < -0.4 is 5.32 Å². The van der Waals surface area contributed by atoms with Crippen molar-refractivity contribution in [2.24, 2.45) is 0 Å². The molecule has 0 spiro atoms. The zero-order valence-electron chi connectivity index (χ0n) is 11.3. The molecule has 0 aliphatic carbocycles. The van der Waals surface area contributed by atoms with E-state index in [9.17, 15) is 8.42 Å². The molecule has 1 saturated heterocycles. The number of rotatable bonds is 4. The van der Waals surface area contributed by atoms with Gasteiger partial charge in [-0.15, -0.1) is 0 Å². The number of nitrogens with zero attached hydrogens (tertiary/aromatic N) is 2. The van der Waals surface area contributed by atoms with E-state index in [0.717, 1.165) is 30.8 Å². The molecule has 7 heteroatoms. The number of hydrogen-bond acceptors (Lipinski definition) is 4. The largest absolute Gasteiger partial charge is 0.307 e. The van der Waals surface area contributed by atoms with Crippen LogP contribution in [0.3, 0.4) is 0 Å². The van der Waals surface area contributed by atoms with Crippen LogP contribution in [-0.2, 0) is 22.9 Å². The summed E-state index contributed by atoms with van der Waals surface area (Å²) in [6, 6.07) is 0.0235. The maximum atomic E-state index is 11.6. The molecule has 0 amide bonds. The minimum atomic E-state index is -2.87. The van der Waals surface area contributed by atoms with E-state index in [0.29, 0.717) is 17.3 Å². The van der Waals surface area contributed by atoms with Crippen molar-refractivity contribution in [1.29, 1.82) is 0 Å². The minimum absolute atomic E-state index is 0.0235. The maximum absolute atomic E-state index is 11.6. The topological polar surface area (TPSA) is 64.0 Å². The summed E-state index contributed by atoms with van der Waals surface area (Å²) in [7, 11) is -2.87. The van der Waals surface area contributed by atoms with Crippen LogP contribution in [-0.4, -0.2) is 35.7 Å². The molecule has 0 bridgehead atoms. The number of aryl methyl sites for hydroxylation is 2. The Balaban J connectivity index is 2.03. The molecule has 1 fully saturated rings. The number of halogens is 1. The van der Waals surface area contributed by atoms with Gasteiger partial charge in [-0.2, -0.15) is 5.10 Å². The third kappa shape index (κ3) is 3.49. The van der Waals surface area contributed by atoms with Crippen molar-refractivity contribution in [2.45, 2.75) is 45.8 Å². The zero-order chi connectivity index (χ0) is 14.0. The van der Waals surface area contributed by atoms with Gasteiger partial charge in [-0.3, -0.25) is 4.68 Å². The van der Waals surface area contributed by atoms with E-state index in [1.54, 1.807) is 0 Å². The number of sulfone groups is 1. The van der Waals surface area contributed by atoms with Crippen LogP contribution in [0.25, 0.3) is 0 Å². The van der Waals surface area contributed by atoms with Crippen LogP contribution in [0.15, 0.2) is 0 Å². The van der Waals surface area contributed by atoms with Gasteiger partial charge in [0.2, 0.25) is 0 Å². The molecule has 5 nitrogen and oxygen atoms in total. The highest BCUT2D eigenvalue weighted by Gasteiger charge is 2.25. The van der Waals surface area contributed by atoms with Crippen molar-refractivity contribution in [3.05, 3.63) is 16.4 Å². The van der Waals surface area contributed by atoms with Crippen molar-refractivity contribution in [2.75, 3.05) is 11.5 Å². The molecule has 1 aromatic rings. The summed E-state index contributed by atoms with van der Waals surface area (Å²) in [4.78, 5) is 0. The van der Waals surface area contributed by atoms with E-state index in [-0.39, 0.29) is 11.8 Å². The van der Waals surface area contributed by atoms with Gasteiger partial charge in [-0.05, 0) is 26.7 Å². The molecule has 19 heavy (non-hydrogen) atoms. The fourth-order valence-electron chi connectivity index (χ4n) is 2.46. The molecule has 0 aromatic carbocycles. The lowest BCUT2D eigenvalue weighted by molar-refractivity contribution is 0.467. The molecule has 1 unspecified atom stereocenters. The average molecular weight is 306 g/mol. The van der Waals surface area contributed by atoms with Crippen molar-refractivity contribution in [3.8, 4) is 0 Å². The average Bonchev–Trinajstić information content (AvgIpc) is 2.62. The predicted molar refractivity (Wildman–Crippen MR) is 76.2 cm³/mol. The van der Waals surface area contributed by atoms with Crippen LogP contribution in [0.1, 0.15) is 31.2 Å². The first-order chi connectivity index (χ1) is 8.93. The Morgan fingerprint density at radius 1 is 1.53 bits per heavy atom. The SMILES string of the molecule is CCn1nc(C)c(Cl)c1CNC1CCCS(=O)(=O)C1. The van der Waals surface area contributed by atoms with Crippen LogP contribution in [0.4, 0.5) is 0 Å². The third-order valence-electron chi connectivity index (χ3n) is 3.47. The Labute approximate surface area is 119 Å². The van der Waals surface area contributed by atoms with Crippen molar-refractivity contribution >= 4 is 21.4 Å². The Hall–Kier alpha value is -0.590. The van der Waals surface area contributed by atoms with E-state index in [4.69, 9.17) is 11.6 Å². The lowest BCUT2D eigenvalue weighted by Crippen LogP contribution is -2.40. The highest BCUT2D eigenvalue weighted by atomic mass is 35.5. The van der Waals surface area contributed by atoms with E-state index in [2.05, 4.69) is 10.4 Å². The third-order valence-corrected chi connectivity index (χ3v) is 5.79. The van der Waals surface area contributed by atoms with Crippen LogP contribution in [0, 0.1) is 6.92 Å². The minimum Gasteiger partial charge on any atom is -0.307 e. The van der Waals surface area contributed by atoms with Gasteiger partial charge in [0.25, 0.3) is 0 Å². The van der Waals surface area contributed by atoms with Gasteiger partial charge in [0.1, 0.15) is 0 Å². The van der Waals surface area contributed by atoms with Gasteiger partial charge in [0.15, 0.2) is 9.84 Å². The first-order valence-electron chi connectivity index (χ1n) is 6.58. The van der Waals surface area contributed by atoms with E-state index < -0.39 is 9.84 Å². The molecular formula is C12H20ClN3O2S. The molecule has 1 aliphatic heterocycles. The maximum Gasteiger partial charge on any atom is 0.151 e. The number of hydrogen-bond donors (Lipinski definition) is 1. The molecule has 2 heterocycles. The molecular weight excluding hydrogens is 286 g/mol. The zero-order valence-corrected chi connectivity index (χ0v) is 12.9. The van der Waals surface area contributed by atoms with Crippen molar-refractivity contribution in [1.82, 2.24) is 15.1 Å². The fourth-order valence-corrected chi connectivity index (χ4v) is 4.34. The highest BCUT2D eigenvalue weighted by molar-refractivity contribution is 7.91. The lowest BCUT2D eigenvalue weighted by atomic mass is 10.2. The summed E-state index contributed by atoms with van der Waals surface area (Å²) < 4.78 is 25.0. The molecule has 1 atom stereocenters. The second-order valence-corrected chi connectivity index (χ2v) is 7.60. The Kier molecular flexibility index (Phi) is 4.53. The van der Waals surface area contributed by atoms with E-state index >= 15 is 0 Å². The molecule has 108 valence electrons. The summed E-state index contributed by atoms with van der Waals surface area (Å²) in [5.74, 6) is 0.543. The number of nitrogens with one attached hydrogen (secondary N) is 1. The van der Waals surface area contributed by atoms with Gasteiger partial charge in [0.05, 0.1) is 27.9 Å². The summed E-state index contributed by atoms with van der Waals surface area (Å²) in [5, 5.41) is 8.32. The molecule has 1 N–H and O–H groups in total. The molecule has 2 rings (SSSR count). The summed E-state index contributed by atoms with van der Waals surface area (Å²) in [5.41, 5.74) is 1.75. The second kappa shape index (κ2) is 5.81. The van der Waals surface area contributed by atoms with Gasteiger partial charge in [0, 0.05) is 19.1 Å². The second-order valence-electron chi connectivity index (χ2n) is 5.00. The fraction of sp³-hybridized carbons (Fsp3) is 0.750. The molecule has 0 radical (unpaired) electrons. The lowest BCUT2D eigenvalue weighted by Gasteiger charge is -2.23. The molecule has 1 aliphatic rings. The molecule has 1 aromatic heterocycles. The van der Waals surface area contributed by atoms with Gasteiger partial charge >= 0.3 is 0 Å². The first-order valence-corrected chi connectivity index (χ1v) is 8.78. The Morgan fingerprint density at radius 2 is 2.26 bits per heavy atom. The first kappa shape index (κ1) is 14.8. The Bertz CT molecular complexity index is 554. The smallest absolute Gasteiger partial charge is 0.151 e. The Morgan fingerprint density at radius 3 is 2.89 bits per heavy atom. The van der Waals surface area contributed by atoms with E-state index in [1.165, 1.54) is 0 Å². The highest BCUT2D eigenvalue weighted by Crippen LogP contribution is 2.21. The van der Waals surface area contributed by atoms with Gasteiger partial charge in [-0.1, -0.05) is 11.6 Å². The summed E-state index contributed by atoms with van der Waals surface area (Å²) in [6.07, 6.45) is 1.63. The summed E-state index contributed by atoms with van der Waals surface area (Å²) in [6.45, 7) is 5.21. The predicted octanol–water partition coefficient (Wildman–Crippen LogP) is 1.53. The quantitative estimate of drug-likeness (QED) is 0.916. The van der Waals surface area contributed by atoms with Crippen LogP contribution >= 0.6 is 11.6 Å². The van der Waals surface area contributed by atoms with Crippen LogP contribution in [0.2, 0.25) is 5.02 Å². The normalized spacial score (nSPS) is 22.6.